The van der Waals surface area contributed by atoms with Crippen molar-refractivity contribution in [3.63, 3.8) is 0 Å². The van der Waals surface area contributed by atoms with Crippen molar-refractivity contribution >= 4 is 45.9 Å². The Kier molecular flexibility index (Phi) is 3.05. The Labute approximate surface area is 174 Å². The van der Waals surface area contributed by atoms with Gasteiger partial charge >= 0.3 is 6.85 Å². The highest BCUT2D eigenvalue weighted by Crippen LogP contribution is 2.41. The van der Waals surface area contributed by atoms with Crippen molar-refractivity contribution in [1.82, 2.24) is 9.46 Å². The third-order valence-electron chi connectivity index (χ3n) is 6.07. The van der Waals surface area contributed by atoms with E-state index in [1.807, 2.05) is 18.2 Å². The first-order chi connectivity index (χ1) is 14.9. The van der Waals surface area contributed by atoms with Gasteiger partial charge in [0.25, 0.3) is 6.01 Å². The molecule has 0 fully saturated rings. The third-order valence-corrected chi connectivity index (χ3v) is 6.07. The molecule has 0 bridgehead atoms. The maximum atomic E-state index is 6.33. The number of para-hydroxylation sites is 4. The minimum atomic E-state index is 0.0171. The number of benzene rings is 4. The smallest absolute Gasteiger partial charge is 0.341 e. The molecule has 1 aromatic heterocycles. The SMILES string of the molecule is c1ccc(N2c3ccccc3B3c4c(cccc42)Oc2nc4ccccc4n23)cc1. The number of aromatic nitrogens is 2. The summed E-state index contributed by atoms with van der Waals surface area (Å²) in [4.78, 5) is 7.11. The van der Waals surface area contributed by atoms with Gasteiger partial charge < -0.3 is 14.1 Å². The lowest BCUT2D eigenvalue weighted by molar-refractivity contribution is 0.439. The molecule has 5 aromatic rings. The van der Waals surface area contributed by atoms with Crippen molar-refractivity contribution in [2.24, 2.45) is 0 Å². The summed E-state index contributed by atoms with van der Waals surface area (Å²) < 4.78 is 8.57. The molecule has 0 saturated heterocycles. The van der Waals surface area contributed by atoms with E-state index in [2.05, 4.69) is 88.2 Å². The van der Waals surface area contributed by atoms with Gasteiger partial charge in [-0.25, -0.2) is 0 Å². The lowest BCUT2D eigenvalue weighted by atomic mass is 9.47. The number of hydrogen-bond acceptors (Lipinski definition) is 3. The minimum Gasteiger partial charge on any atom is -0.427 e. The molecule has 4 aromatic carbocycles. The fourth-order valence-corrected chi connectivity index (χ4v) is 4.86. The van der Waals surface area contributed by atoms with Gasteiger partial charge in [0.2, 0.25) is 0 Å². The Balaban J connectivity index is 1.59. The maximum Gasteiger partial charge on any atom is 0.341 e. The van der Waals surface area contributed by atoms with Crippen molar-refractivity contribution in [3.8, 4) is 11.8 Å². The summed E-state index contributed by atoms with van der Waals surface area (Å²) in [6, 6.07) is 34.3. The number of fused-ring (bicyclic) bond motifs is 6. The summed E-state index contributed by atoms with van der Waals surface area (Å²) in [5.74, 6) is 0.871. The molecule has 4 nitrogen and oxygen atoms in total. The van der Waals surface area contributed by atoms with Gasteiger partial charge in [0, 0.05) is 22.5 Å². The van der Waals surface area contributed by atoms with Crippen LogP contribution in [0.2, 0.25) is 0 Å². The number of anilines is 3. The van der Waals surface area contributed by atoms with Crippen LogP contribution >= 0.6 is 0 Å². The van der Waals surface area contributed by atoms with E-state index in [4.69, 9.17) is 9.72 Å². The van der Waals surface area contributed by atoms with Crippen LogP contribution in [-0.2, 0) is 0 Å². The normalized spacial score (nSPS) is 13.5. The molecule has 0 amide bonds. The summed E-state index contributed by atoms with van der Waals surface area (Å²) in [5.41, 5.74) is 7.92. The van der Waals surface area contributed by atoms with Gasteiger partial charge in [0.1, 0.15) is 5.75 Å². The molecule has 0 saturated carbocycles. The first kappa shape index (κ1) is 15.9. The summed E-state index contributed by atoms with van der Waals surface area (Å²) >= 11 is 0. The van der Waals surface area contributed by atoms with Crippen LogP contribution in [0.4, 0.5) is 17.1 Å². The maximum absolute atomic E-state index is 6.33. The highest BCUT2D eigenvalue weighted by atomic mass is 16.5. The summed E-state index contributed by atoms with van der Waals surface area (Å²) in [5, 5.41) is 0. The van der Waals surface area contributed by atoms with Crippen LogP contribution in [0.25, 0.3) is 11.0 Å². The molecule has 2 aliphatic rings. The number of imidazole rings is 1. The molecule has 2 aliphatic heterocycles. The van der Waals surface area contributed by atoms with E-state index in [0.29, 0.717) is 6.01 Å². The van der Waals surface area contributed by atoms with Crippen molar-refractivity contribution in [1.29, 1.82) is 0 Å². The fourth-order valence-electron chi connectivity index (χ4n) is 4.86. The second-order valence-electron chi connectivity index (χ2n) is 7.68. The van der Waals surface area contributed by atoms with Crippen molar-refractivity contribution in [3.05, 3.63) is 97.1 Å². The molecule has 0 unspecified atom stereocenters. The molecule has 30 heavy (non-hydrogen) atoms. The van der Waals surface area contributed by atoms with Crippen LogP contribution < -0.4 is 20.6 Å². The molecule has 0 spiro atoms. The molecule has 140 valence electrons. The minimum absolute atomic E-state index is 0.0171. The molecule has 0 atom stereocenters. The number of hydrogen-bond donors (Lipinski definition) is 0. The number of nitrogens with zero attached hydrogens (tertiary/aromatic N) is 3. The average molecular weight is 385 g/mol. The van der Waals surface area contributed by atoms with Crippen LogP contribution in [0.5, 0.6) is 11.8 Å². The Hall–Kier alpha value is -3.99. The van der Waals surface area contributed by atoms with Crippen molar-refractivity contribution in [2.45, 2.75) is 0 Å². The lowest BCUT2D eigenvalue weighted by Crippen LogP contribution is -2.56. The largest absolute Gasteiger partial charge is 0.427 e. The number of rotatable bonds is 1. The highest BCUT2D eigenvalue weighted by molar-refractivity contribution is 6.88. The van der Waals surface area contributed by atoms with Gasteiger partial charge in [-0.2, -0.15) is 4.98 Å². The summed E-state index contributed by atoms with van der Waals surface area (Å²) in [6.07, 6.45) is 0. The lowest BCUT2D eigenvalue weighted by Gasteiger charge is -2.39. The van der Waals surface area contributed by atoms with E-state index in [-0.39, 0.29) is 6.85 Å². The molecule has 3 heterocycles. The van der Waals surface area contributed by atoms with Gasteiger partial charge in [0.05, 0.1) is 11.0 Å². The quantitative estimate of drug-likeness (QED) is 0.388. The predicted molar refractivity (Wildman–Crippen MR) is 121 cm³/mol. The van der Waals surface area contributed by atoms with Crippen LogP contribution in [0.3, 0.4) is 0 Å². The summed E-state index contributed by atoms with van der Waals surface area (Å²) in [6.45, 7) is 0.0171. The second-order valence-corrected chi connectivity index (χ2v) is 7.68. The van der Waals surface area contributed by atoms with E-state index in [1.165, 1.54) is 16.6 Å². The van der Waals surface area contributed by atoms with E-state index in [9.17, 15) is 0 Å². The zero-order chi connectivity index (χ0) is 19.7. The Bertz CT molecular complexity index is 1440. The van der Waals surface area contributed by atoms with Crippen molar-refractivity contribution < 1.29 is 4.74 Å². The fraction of sp³-hybridized carbons (Fsp3) is 0. The molecule has 0 aliphatic carbocycles. The predicted octanol–water partition coefficient (Wildman–Crippen LogP) is 4.58. The van der Waals surface area contributed by atoms with Gasteiger partial charge in [-0.05, 0) is 47.9 Å². The first-order valence-corrected chi connectivity index (χ1v) is 10.1. The van der Waals surface area contributed by atoms with E-state index in [0.717, 1.165) is 28.2 Å². The second kappa shape index (κ2) is 5.77. The van der Waals surface area contributed by atoms with Crippen LogP contribution in [0, 0.1) is 0 Å². The molecular formula is C25H16BN3O. The standard InChI is InChI=1S/C25H16BN3O/c1-2-9-17(10-3-1)28-20-13-6-4-11-18(20)26-24-22(28)15-8-16-23(24)30-25-27-19-12-5-7-14-21(19)29(25)26/h1-16H. The van der Waals surface area contributed by atoms with Gasteiger partial charge in [-0.3, -0.25) is 0 Å². The van der Waals surface area contributed by atoms with Gasteiger partial charge in [0.15, 0.2) is 0 Å². The van der Waals surface area contributed by atoms with E-state index in [1.54, 1.807) is 0 Å². The van der Waals surface area contributed by atoms with Gasteiger partial charge in [-0.15, -0.1) is 0 Å². The average Bonchev–Trinajstić information content (AvgIpc) is 3.17. The number of ether oxygens (including phenoxy) is 1. The first-order valence-electron chi connectivity index (χ1n) is 10.1. The van der Waals surface area contributed by atoms with Crippen molar-refractivity contribution in [2.75, 3.05) is 4.90 Å². The van der Waals surface area contributed by atoms with Crippen LogP contribution in [-0.4, -0.2) is 16.3 Å². The Morgan fingerprint density at radius 1 is 0.700 bits per heavy atom. The van der Waals surface area contributed by atoms with Crippen LogP contribution in [0.15, 0.2) is 97.1 Å². The highest BCUT2D eigenvalue weighted by Gasteiger charge is 2.43. The monoisotopic (exact) mass is 385 g/mol. The van der Waals surface area contributed by atoms with Crippen LogP contribution in [0.1, 0.15) is 0 Å². The molecular weight excluding hydrogens is 369 g/mol. The van der Waals surface area contributed by atoms with Gasteiger partial charge in [-0.1, -0.05) is 54.6 Å². The molecule has 0 radical (unpaired) electrons. The zero-order valence-corrected chi connectivity index (χ0v) is 16.1. The van der Waals surface area contributed by atoms with E-state index >= 15 is 0 Å². The summed E-state index contributed by atoms with van der Waals surface area (Å²) in [7, 11) is 0. The van der Waals surface area contributed by atoms with E-state index < -0.39 is 0 Å². The third kappa shape index (κ3) is 1.99. The Morgan fingerprint density at radius 3 is 2.40 bits per heavy atom. The zero-order valence-electron chi connectivity index (χ0n) is 16.1. The topological polar surface area (TPSA) is 30.3 Å². The molecule has 5 heteroatoms. The Morgan fingerprint density at radius 2 is 1.47 bits per heavy atom. The molecule has 0 N–H and O–H groups in total. The molecule has 7 rings (SSSR count).